The van der Waals surface area contributed by atoms with Gasteiger partial charge >= 0.3 is 0 Å². The minimum absolute atomic E-state index is 0.0485. The predicted octanol–water partition coefficient (Wildman–Crippen LogP) is 7.41. The highest BCUT2D eigenvalue weighted by Crippen LogP contribution is 2.32. The maximum absolute atomic E-state index is 13.0. The Labute approximate surface area is 213 Å². The van der Waals surface area contributed by atoms with Crippen molar-refractivity contribution in [1.82, 2.24) is 0 Å². The molecule has 0 spiro atoms. The highest BCUT2D eigenvalue weighted by atomic mass is 16.3. The van der Waals surface area contributed by atoms with Crippen LogP contribution in [0.4, 0.5) is 11.4 Å². The highest BCUT2D eigenvalue weighted by Gasteiger charge is 2.21. The maximum atomic E-state index is 13.0. The van der Waals surface area contributed by atoms with E-state index in [4.69, 9.17) is 0 Å². The minimum atomic E-state index is -0.383. The number of hydrogen-bond acceptors (Lipinski definition) is 4. The van der Waals surface area contributed by atoms with Gasteiger partial charge in [-0.05, 0) is 72.2 Å². The van der Waals surface area contributed by atoms with E-state index in [9.17, 15) is 19.8 Å². The molecule has 3 rings (SSSR count). The van der Waals surface area contributed by atoms with Gasteiger partial charge < -0.3 is 20.8 Å². The molecule has 0 saturated carbocycles. The van der Waals surface area contributed by atoms with Gasteiger partial charge in [0.15, 0.2) is 0 Å². The normalized spacial score (nSPS) is 12.6. The van der Waals surface area contributed by atoms with Crippen LogP contribution >= 0.6 is 0 Å². The lowest BCUT2D eigenvalue weighted by atomic mass is 9.91. The number of hydrogen-bond donors (Lipinski definition) is 4. The Morgan fingerprint density at radius 3 is 1.36 bits per heavy atom. The van der Waals surface area contributed by atoms with Crippen molar-refractivity contribution >= 4 is 23.2 Å². The molecule has 0 bridgehead atoms. The van der Waals surface area contributed by atoms with E-state index in [0.717, 1.165) is 36.8 Å². The number of amides is 2. The molecule has 2 unspecified atom stereocenters. The quantitative estimate of drug-likeness (QED) is 0.239. The summed E-state index contributed by atoms with van der Waals surface area (Å²) in [4.78, 5) is 26.1. The van der Waals surface area contributed by atoms with E-state index in [-0.39, 0.29) is 46.3 Å². The first-order valence-electron chi connectivity index (χ1n) is 12.6. The molecule has 2 atom stereocenters. The van der Waals surface area contributed by atoms with Crippen LogP contribution in [-0.4, -0.2) is 22.0 Å². The molecule has 4 N–H and O–H groups in total. The molecule has 0 saturated heterocycles. The Kier molecular flexibility index (Phi) is 9.12. The number of benzene rings is 3. The minimum Gasteiger partial charge on any atom is -0.507 e. The topological polar surface area (TPSA) is 98.7 Å². The molecule has 0 aliphatic carbocycles. The zero-order valence-corrected chi connectivity index (χ0v) is 21.5. The third-order valence-corrected chi connectivity index (χ3v) is 6.51. The third-order valence-electron chi connectivity index (χ3n) is 6.51. The number of phenolic OH excluding ortho intramolecular Hbond substituents is 2. The fourth-order valence-electron chi connectivity index (χ4n) is 4.63. The van der Waals surface area contributed by atoms with Gasteiger partial charge in [-0.1, -0.05) is 64.8 Å². The lowest BCUT2D eigenvalue weighted by Gasteiger charge is -2.17. The SMILES string of the molecule is CCCC(C)c1cccc(O)c1C(=O)Nc1ccc(NC(=O)c2c(O)cccc2C(C)CCC)cc1. The van der Waals surface area contributed by atoms with Crippen molar-refractivity contribution in [3.05, 3.63) is 82.9 Å². The number of carbonyl (C=O) groups excluding carboxylic acids is 2. The summed E-state index contributed by atoms with van der Waals surface area (Å²) in [6, 6.07) is 17.1. The molecular formula is C30H36N2O4. The predicted molar refractivity (Wildman–Crippen MR) is 145 cm³/mol. The molecule has 6 heteroatoms. The van der Waals surface area contributed by atoms with E-state index < -0.39 is 0 Å². The molecule has 3 aromatic carbocycles. The fraction of sp³-hybridized carbons (Fsp3) is 0.333. The van der Waals surface area contributed by atoms with Crippen molar-refractivity contribution < 1.29 is 19.8 Å². The zero-order valence-electron chi connectivity index (χ0n) is 21.5. The van der Waals surface area contributed by atoms with Crippen molar-refractivity contribution in [2.24, 2.45) is 0 Å². The number of aromatic hydroxyl groups is 2. The molecule has 0 heterocycles. The van der Waals surface area contributed by atoms with Crippen molar-refractivity contribution in [3.8, 4) is 11.5 Å². The molecule has 3 aromatic rings. The summed E-state index contributed by atoms with van der Waals surface area (Å²) >= 11 is 0. The Hall–Kier alpha value is -3.80. The Morgan fingerprint density at radius 1 is 0.667 bits per heavy atom. The first kappa shape index (κ1) is 26.8. The lowest BCUT2D eigenvalue weighted by Crippen LogP contribution is -2.17. The number of rotatable bonds is 10. The second-order valence-corrected chi connectivity index (χ2v) is 9.35. The van der Waals surface area contributed by atoms with E-state index >= 15 is 0 Å². The molecule has 0 aromatic heterocycles. The fourth-order valence-corrected chi connectivity index (χ4v) is 4.63. The first-order chi connectivity index (χ1) is 17.3. The van der Waals surface area contributed by atoms with Crippen LogP contribution in [0.3, 0.4) is 0 Å². The summed E-state index contributed by atoms with van der Waals surface area (Å²) in [6.07, 6.45) is 3.78. The molecule has 0 fully saturated rings. The van der Waals surface area contributed by atoms with Crippen molar-refractivity contribution in [2.45, 2.75) is 65.2 Å². The molecule has 2 amide bonds. The summed E-state index contributed by atoms with van der Waals surface area (Å²) in [5, 5.41) is 26.5. The largest absolute Gasteiger partial charge is 0.507 e. The molecule has 36 heavy (non-hydrogen) atoms. The summed E-state index contributed by atoms with van der Waals surface area (Å²) in [7, 11) is 0. The van der Waals surface area contributed by atoms with Gasteiger partial charge in [0.1, 0.15) is 11.5 Å². The van der Waals surface area contributed by atoms with Gasteiger partial charge in [0, 0.05) is 11.4 Å². The van der Waals surface area contributed by atoms with Crippen LogP contribution in [0.25, 0.3) is 0 Å². The van der Waals surface area contributed by atoms with Crippen molar-refractivity contribution in [1.29, 1.82) is 0 Å². The molecule has 190 valence electrons. The van der Waals surface area contributed by atoms with E-state index in [1.807, 2.05) is 26.0 Å². The highest BCUT2D eigenvalue weighted by molar-refractivity contribution is 6.08. The third kappa shape index (κ3) is 6.25. The zero-order chi connectivity index (χ0) is 26.2. The summed E-state index contributed by atoms with van der Waals surface area (Å²) in [6.45, 7) is 8.27. The van der Waals surface area contributed by atoms with Crippen molar-refractivity contribution in [3.63, 3.8) is 0 Å². The van der Waals surface area contributed by atoms with Crippen molar-refractivity contribution in [2.75, 3.05) is 10.6 Å². The standard InChI is InChI=1S/C30H36N2O4/c1-5-9-19(3)23-11-7-13-25(33)27(23)29(35)31-21-15-17-22(18-16-21)32-30(36)28-24(20(4)10-6-2)12-8-14-26(28)34/h7-8,11-20,33-34H,5-6,9-10H2,1-4H3,(H,31,35)(H,32,36). The molecule has 6 nitrogen and oxygen atoms in total. The van der Waals surface area contributed by atoms with E-state index in [1.54, 1.807) is 36.4 Å². The second kappa shape index (κ2) is 12.2. The molecule has 0 aliphatic heterocycles. The average Bonchev–Trinajstić information content (AvgIpc) is 2.85. The van der Waals surface area contributed by atoms with Crippen LogP contribution in [-0.2, 0) is 0 Å². The summed E-state index contributed by atoms with van der Waals surface area (Å²) < 4.78 is 0. The van der Waals surface area contributed by atoms with Gasteiger partial charge in [0.25, 0.3) is 11.8 Å². The summed E-state index contributed by atoms with van der Waals surface area (Å²) in [5.74, 6) is -0.585. The van der Waals surface area contributed by atoms with Crippen LogP contribution in [0.15, 0.2) is 60.7 Å². The van der Waals surface area contributed by atoms with Gasteiger partial charge in [0.2, 0.25) is 0 Å². The Morgan fingerprint density at radius 2 is 1.03 bits per heavy atom. The molecule has 0 radical (unpaired) electrons. The van der Waals surface area contributed by atoms with Crippen LogP contribution < -0.4 is 10.6 Å². The molecule has 0 aliphatic rings. The van der Waals surface area contributed by atoms with Gasteiger partial charge in [-0.3, -0.25) is 9.59 Å². The van der Waals surface area contributed by atoms with E-state index in [1.165, 1.54) is 12.1 Å². The van der Waals surface area contributed by atoms with Crippen LogP contribution in [0.1, 0.15) is 97.1 Å². The lowest BCUT2D eigenvalue weighted by molar-refractivity contribution is 0.101. The van der Waals surface area contributed by atoms with Gasteiger partial charge in [-0.25, -0.2) is 0 Å². The van der Waals surface area contributed by atoms with Crippen LogP contribution in [0, 0.1) is 0 Å². The number of anilines is 2. The monoisotopic (exact) mass is 488 g/mol. The van der Waals surface area contributed by atoms with Gasteiger partial charge in [-0.15, -0.1) is 0 Å². The van der Waals surface area contributed by atoms with E-state index in [2.05, 4.69) is 24.5 Å². The average molecular weight is 489 g/mol. The van der Waals surface area contributed by atoms with Crippen LogP contribution in [0.2, 0.25) is 0 Å². The Bertz CT molecular complexity index is 1110. The number of phenols is 2. The molecular weight excluding hydrogens is 452 g/mol. The first-order valence-corrected chi connectivity index (χ1v) is 12.6. The van der Waals surface area contributed by atoms with Gasteiger partial charge in [-0.2, -0.15) is 0 Å². The smallest absolute Gasteiger partial charge is 0.259 e. The summed E-state index contributed by atoms with van der Waals surface area (Å²) in [5.41, 5.74) is 3.27. The van der Waals surface area contributed by atoms with Crippen LogP contribution in [0.5, 0.6) is 11.5 Å². The number of carbonyl (C=O) groups is 2. The van der Waals surface area contributed by atoms with Gasteiger partial charge in [0.05, 0.1) is 11.1 Å². The van der Waals surface area contributed by atoms with E-state index in [0.29, 0.717) is 11.4 Å². The Balaban J connectivity index is 1.76. The second-order valence-electron chi connectivity index (χ2n) is 9.35. The maximum Gasteiger partial charge on any atom is 0.259 e. The number of nitrogens with one attached hydrogen (secondary N) is 2.